The van der Waals surface area contributed by atoms with Crippen LogP contribution in [0.2, 0.25) is 0 Å². The van der Waals surface area contributed by atoms with Crippen molar-refractivity contribution in [1.82, 2.24) is 24.4 Å². The van der Waals surface area contributed by atoms with E-state index >= 15 is 0 Å². The topological polar surface area (TPSA) is 83.5 Å². The van der Waals surface area contributed by atoms with Crippen molar-refractivity contribution in [3.63, 3.8) is 0 Å². The van der Waals surface area contributed by atoms with Crippen molar-refractivity contribution in [3.05, 3.63) is 116 Å². The van der Waals surface area contributed by atoms with Gasteiger partial charge in [0, 0.05) is 17.3 Å². The second-order valence-electron chi connectivity index (χ2n) is 11.9. The fraction of sp³-hybridized carbons (Fsp3) is 0.263. The van der Waals surface area contributed by atoms with E-state index in [4.69, 9.17) is 14.6 Å². The zero-order valence-corrected chi connectivity index (χ0v) is 28.0. The first-order valence-corrected chi connectivity index (χ1v) is 16.9. The van der Waals surface area contributed by atoms with Gasteiger partial charge in [-0.05, 0) is 91.4 Å². The van der Waals surface area contributed by atoms with Gasteiger partial charge in [-0.3, -0.25) is 4.79 Å². The Labute approximate surface area is 278 Å². The molecule has 0 spiro atoms. The Balaban J connectivity index is 1.29. The van der Waals surface area contributed by atoms with Crippen LogP contribution in [-0.4, -0.2) is 37.6 Å². The van der Waals surface area contributed by atoms with Gasteiger partial charge >= 0.3 is 0 Å². The summed E-state index contributed by atoms with van der Waals surface area (Å²) < 4.78 is 15.6. The SMILES string of the molecule is CCCCOc1ccc(/C=C/c2nc3s/c(=C\c4cn(-c5ccccc5)nc4-c4ccc(OCCC(C)C)c(C)c4)c(=O)n3n2)cc1. The maximum Gasteiger partial charge on any atom is 0.291 e. The molecule has 0 aliphatic rings. The summed E-state index contributed by atoms with van der Waals surface area (Å²) in [5, 5.41) is 9.44. The van der Waals surface area contributed by atoms with E-state index in [2.05, 4.69) is 36.9 Å². The zero-order chi connectivity index (χ0) is 32.8. The van der Waals surface area contributed by atoms with Crippen LogP contribution < -0.4 is 19.6 Å². The number of ether oxygens (including phenoxy) is 2. The molecule has 0 fully saturated rings. The van der Waals surface area contributed by atoms with Crippen LogP contribution in [0.25, 0.3) is 40.1 Å². The van der Waals surface area contributed by atoms with Crippen LogP contribution in [-0.2, 0) is 0 Å². The first-order valence-electron chi connectivity index (χ1n) is 16.1. The average Bonchev–Trinajstić information content (AvgIpc) is 3.76. The van der Waals surface area contributed by atoms with Crippen molar-refractivity contribution in [2.24, 2.45) is 5.92 Å². The first-order chi connectivity index (χ1) is 22.9. The van der Waals surface area contributed by atoms with E-state index in [1.807, 2.05) is 103 Å². The van der Waals surface area contributed by atoms with Gasteiger partial charge in [0.2, 0.25) is 4.96 Å². The zero-order valence-electron chi connectivity index (χ0n) is 27.2. The number of rotatable bonds is 13. The van der Waals surface area contributed by atoms with Crippen LogP contribution in [0.1, 0.15) is 62.5 Å². The van der Waals surface area contributed by atoms with Crippen LogP contribution in [0.4, 0.5) is 0 Å². The molecule has 47 heavy (non-hydrogen) atoms. The molecule has 0 saturated heterocycles. The van der Waals surface area contributed by atoms with Crippen LogP contribution in [0, 0.1) is 12.8 Å². The highest BCUT2D eigenvalue weighted by Gasteiger charge is 2.15. The second-order valence-corrected chi connectivity index (χ2v) is 12.9. The van der Waals surface area contributed by atoms with Crippen molar-refractivity contribution in [2.75, 3.05) is 13.2 Å². The average molecular weight is 646 g/mol. The summed E-state index contributed by atoms with van der Waals surface area (Å²) in [6.07, 6.45) is 10.7. The molecular weight excluding hydrogens is 607 g/mol. The standard InChI is InChI=1S/C38H39N5O3S/c1-5-6-21-45-32-16-12-28(13-17-32)14-19-35-39-38-43(40-35)37(44)34(47-38)24-30-25-42(31-10-8-7-9-11-31)41-36(30)29-15-18-33(27(4)23-29)46-22-20-26(2)3/h7-19,23-26H,5-6,20-22H2,1-4H3/b19-14+,34-24-. The maximum atomic E-state index is 13.5. The summed E-state index contributed by atoms with van der Waals surface area (Å²) in [4.78, 5) is 18.6. The van der Waals surface area contributed by atoms with Crippen LogP contribution >= 0.6 is 11.3 Å². The van der Waals surface area contributed by atoms with Gasteiger partial charge in [0.15, 0.2) is 5.82 Å². The minimum Gasteiger partial charge on any atom is -0.494 e. The summed E-state index contributed by atoms with van der Waals surface area (Å²) in [6.45, 7) is 9.97. The second kappa shape index (κ2) is 14.6. The molecule has 3 aromatic carbocycles. The number of unbranched alkanes of at least 4 members (excludes halogenated alkanes) is 1. The predicted octanol–water partition coefficient (Wildman–Crippen LogP) is 7.63. The van der Waals surface area contributed by atoms with Gasteiger partial charge in [-0.25, -0.2) is 4.68 Å². The summed E-state index contributed by atoms with van der Waals surface area (Å²) in [5.41, 5.74) is 5.29. The molecule has 240 valence electrons. The molecule has 8 nitrogen and oxygen atoms in total. The largest absolute Gasteiger partial charge is 0.494 e. The highest BCUT2D eigenvalue weighted by Crippen LogP contribution is 2.29. The van der Waals surface area contributed by atoms with E-state index in [9.17, 15) is 4.79 Å². The van der Waals surface area contributed by atoms with Gasteiger partial charge in [0.1, 0.15) is 17.2 Å². The number of aryl methyl sites for hydroxylation is 1. The molecule has 0 atom stereocenters. The molecule has 0 amide bonds. The third kappa shape index (κ3) is 7.69. The van der Waals surface area contributed by atoms with Crippen LogP contribution in [0.15, 0.2) is 83.8 Å². The number of aromatic nitrogens is 5. The van der Waals surface area contributed by atoms with Crippen molar-refractivity contribution >= 4 is 34.5 Å². The Morgan fingerprint density at radius 1 is 0.936 bits per heavy atom. The molecule has 9 heteroatoms. The van der Waals surface area contributed by atoms with E-state index in [1.165, 1.54) is 15.9 Å². The Bertz CT molecular complexity index is 2090. The van der Waals surface area contributed by atoms with Gasteiger partial charge in [0.05, 0.1) is 23.4 Å². The number of para-hydroxylation sites is 1. The minimum absolute atomic E-state index is 0.214. The fourth-order valence-corrected chi connectivity index (χ4v) is 5.94. The summed E-state index contributed by atoms with van der Waals surface area (Å²) in [6, 6.07) is 24.0. The number of hydrogen-bond acceptors (Lipinski definition) is 7. The smallest absolute Gasteiger partial charge is 0.291 e. The lowest BCUT2D eigenvalue weighted by Crippen LogP contribution is -2.23. The van der Waals surface area contributed by atoms with Gasteiger partial charge < -0.3 is 9.47 Å². The third-order valence-corrected chi connectivity index (χ3v) is 8.68. The van der Waals surface area contributed by atoms with Crippen LogP contribution in [0.5, 0.6) is 11.5 Å². The van der Waals surface area contributed by atoms with Gasteiger partial charge in [-0.15, -0.1) is 5.10 Å². The molecule has 6 rings (SSSR count). The molecule has 0 unspecified atom stereocenters. The highest BCUT2D eigenvalue weighted by atomic mass is 32.1. The minimum atomic E-state index is -0.214. The molecule has 3 heterocycles. The summed E-state index contributed by atoms with van der Waals surface area (Å²) >= 11 is 1.31. The van der Waals surface area contributed by atoms with Crippen molar-refractivity contribution in [2.45, 2.75) is 47.0 Å². The van der Waals surface area contributed by atoms with Crippen molar-refractivity contribution < 1.29 is 9.47 Å². The van der Waals surface area contributed by atoms with Gasteiger partial charge in [0.25, 0.3) is 5.56 Å². The molecular formula is C38H39N5O3S. The first kappa shape index (κ1) is 31.9. The number of benzene rings is 3. The lowest BCUT2D eigenvalue weighted by Gasteiger charge is -2.11. The van der Waals surface area contributed by atoms with E-state index in [-0.39, 0.29) is 5.56 Å². The summed E-state index contributed by atoms with van der Waals surface area (Å²) in [7, 11) is 0. The van der Waals surface area contributed by atoms with Gasteiger partial charge in [-0.2, -0.15) is 14.6 Å². The Hall–Kier alpha value is -5.02. The van der Waals surface area contributed by atoms with E-state index in [0.29, 0.717) is 27.8 Å². The molecule has 3 aromatic heterocycles. The predicted molar refractivity (Wildman–Crippen MR) is 190 cm³/mol. The normalized spacial score (nSPS) is 12.1. The lowest BCUT2D eigenvalue weighted by molar-refractivity contribution is 0.288. The quantitative estimate of drug-likeness (QED) is 0.120. The number of fused-ring (bicyclic) bond motifs is 1. The molecule has 6 aromatic rings. The number of thiazole rings is 1. The van der Waals surface area contributed by atoms with Gasteiger partial charge in [-0.1, -0.05) is 74.9 Å². The monoisotopic (exact) mass is 645 g/mol. The Morgan fingerprint density at radius 2 is 1.74 bits per heavy atom. The molecule has 0 aliphatic carbocycles. The summed E-state index contributed by atoms with van der Waals surface area (Å²) in [5.74, 6) is 2.78. The Kier molecular flexibility index (Phi) is 9.92. The van der Waals surface area contributed by atoms with Crippen molar-refractivity contribution in [1.29, 1.82) is 0 Å². The number of hydrogen-bond donors (Lipinski definition) is 0. The molecule has 0 N–H and O–H groups in total. The molecule has 0 bridgehead atoms. The molecule has 0 saturated carbocycles. The van der Waals surface area contributed by atoms with Crippen molar-refractivity contribution in [3.8, 4) is 28.4 Å². The fourth-order valence-electron chi connectivity index (χ4n) is 5.03. The number of nitrogens with zero attached hydrogens (tertiary/aromatic N) is 5. The van der Waals surface area contributed by atoms with E-state index in [0.717, 1.165) is 71.0 Å². The van der Waals surface area contributed by atoms with E-state index in [1.54, 1.807) is 0 Å². The molecule has 0 aliphatic heterocycles. The lowest BCUT2D eigenvalue weighted by atomic mass is 10.0. The highest BCUT2D eigenvalue weighted by molar-refractivity contribution is 7.15. The Morgan fingerprint density at radius 3 is 2.47 bits per heavy atom. The third-order valence-electron chi connectivity index (χ3n) is 7.72. The van der Waals surface area contributed by atoms with E-state index < -0.39 is 0 Å². The maximum absolute atomic E-state index is 13.5. The van der Waals surface area contributed by atoms with Crippen LogP contribution in [0.3, 0.4) is 0 Å². The molecule has 0 radical (unpaired) electrons.